The predicted octanol–water partition coefficient (Wildman–Crippen LogP) is 7.00. The highest BCUT2D eigenvalue weighted by Crippen LogP contribution is 2.43. The van der Waals surface area contributed by atoms with Gasteiger partial charge in [0.15, 0.2) is 21.5 Å². The third-order valence-electron chi connectivity index (χ3n) is 7.75. The lowest BCUT2D eigenvalue weighted by atomic mass is 9.85. The van der Waals surface area contributed by atoms with Gasteiger partial charge in [-0.1, -0.05) is 75.5 Å². The molecule has 0 aliphatic carbocycles. The Morgan fingerprint density at radius 3 is 2.40 bits per heavy atom. The number of ether oxygens (including phenoxy) is 2. The highest BCUT2D eigenvalue weighted by Gasteiger charge is 2.53. The molecule has 0 radical (unpaired) electrons. The number of amides is 1. The minimum atomic E-state index is -3.78. The number of halogens is 3. The first kappa shape index (κ1) is 34.9. The van der Waals surface area contributed by atoms with Crippen LogP contribution in [0.5, 0.6) is 5.75 Å². The Kier molecular flexibility index (Phi) is 11.6. The molecule has 1 amide bonds. The van der Waals surface area contributed by atoms with Crippen molar-refractivity contribution in [1.29, 1.82) is 0 Å². The van der Waals surface area contributed by atoms with Crippen molar-refractivity contribution in [3.8, 4) is 5.75 Å². The van der Waals surface area contributed by atoms with Crippen LogP contribution in [0.1, 0.15) is 35.6 Å². The molecule has 2 N–H and O–H groups in total. The Balaban J connectivity index is 1.51. The van der Waals surface area contributed by atoms with Gasteiger partial charge in [-0.15, -0.1) is 0 Å². The van der Waals surface area contributed by atoms with Crippen LogP contribution in [0, 0.1) is 0 Å². The van der Waals surface area contributed by atoms with E-state index in [1.807, 2.05) is 24.3 Å². The summed E-state index contributed by atoms with van der Waals surface area (Å²) in [5, 5.41) is 13.0. The summed E-state index contributed by atoms with van der Waals surface area (Å²) in [7, 11) is -3.78. The fourth-order valence-corrected chi connectivity index (χ4v) is 7.39. The van der Waals surface area contributed by atoms with E-state index in [-0.39, 0.29) is 36.1 Å². The van der Waals surface area contributed by atoms with E-state index in [0.29, 0.717) is 46.4 Å². The van der Waals surface area contributed by atoms with Crippen molar-refractivity contribution < 1.29 is 27.8 Å². The molecule has 246 valence electrons. The van der Waals surface area contributed by atoms with Gasteiger partial charge in [-0.3, -0.25) is 4.79 Å². The van der Waals surface area contributed by atoms with Crippen molar-refractivity contribution >= 4 is 60.8 Å². The zero-order valence-electron chi connectivity index (χ0n) is 25.2. The van der Waals surface area contributed by atoms with E-state index in [2.05, 4.69) is 21.2 Å². The lowest BCUT2D eigenvalue weighted by Gasteiger charge is -2.30. The maximum atomic E-state index is 14.4. The van der Waals surface area contributed by atoms with Crippen LogP contribution < -0.4 is 10.1 Å². The van der Waals surface area contributed by atoms with Crippen molar-refractivity contribution in [2.45, 2.75) is 35.8 Å². The number of aliphatic imine (C=N–C) groups is 1. The van der Waals surface area contributed by atoms with Gasteiger partial charge in [-0.05, 0) is 78.2 Å². The summed E-state index contributed by atoms with van der Waals surface area (Å²) in [6, 6.07) is 27.7. The van der Waals surface area contributed by atoms with Gasteiger partial charge in [0, 0.05) is 46.1 Å². The lowest BCUT2D eigenvalue weighted by Crippen LogP contribution is -2.49. The van der Waals surface area contributed by atoms with E-state index >= 15 is 0 Å². The molecule has 5 rings (SSSR count). The van der Waals surface area contributed by atoms with Gasteiger partial charge in [0.2, 0.25) is 5.90 Å². The molecule has 4 aromatic rings. The van der Waals surface area contributed by atoms with Gasteiger partial charge in [0.1, 0.15) is 5.75 Å². The van der Waals surface area contributed by atoms with Crippen molar-refractivity contribution in [3.63, 3.8) is 0 Å². The SMILES string of the molecule is O=C(NCCc1ccc(Cl)cc1Cl)[C@]1(CCS(=O)(=O)c2ccccc2)N=C(c2ccc(OCCCO)cc2)O[C@@H]1c1ccc(Br)cc1. The molecular weight excluding hydrogens is 727 g/mol. The number of carbonyl (C=O) groups is 1. The molecule has 0 fully saturated rings. The normalized spacial score (nSPS) is 17.5. The topological polar surface area (TPSA) is 114 Å². The number of hydrogen-bond donors (Lipinski definition) is 2. The monoisotopic (exact) mass is 758 g/mol. The number of rotatable bonds is 14. The molecule has 0 saturated carbocycles. The molecule has 0 unspecified atom stereocenters. The van der Waals surface area contributed by atoms with Crippen molar-refractivity contribution in [2.75, 3.05) is 25.5 Å². The standard InChI is InChI=1S/C35H33BrCl2N2O6S/c36-27-12-7-25(8-13-27)32-35(18-22-47(43,44)30-5-2-1-3-6-30,34(42)39-19-17-24-9-14-28(37)23-31(24)38)40-33(46-32)26-10-15-29(16-11-26)45-21-4-20-41/h1-3,5-16,23,32,41H,4,17-22H2,(H,39,42)/t32-,35-/m1/s1. The fourth-order valence-electron chi connectivity index (χ4n) is 5.23. The Bertz CT molecular complexity index is 1820. The second kappa shape index (κ2) is 15.7. The number of sulfone groups is 1. The predicted molar refractivity (Wildman–Crippen MR) is 187 cm³/mol. The summed E-state index contributed by atoms with van der Waals surface area (Å²) >= 11 is 15.9. The molecule has 1 heterocycles. The first-order valence-electron chi connectivity index (χ1n) is 15.0. The number of hydrogen-bond acceptors (Lipinski definition) is 7. The highest BCUT2D eigenvalue weighted by atomic mass is 79.9. The van der Waals surface area contributed by atoms with E-state index in [0.717, 1.165) is 10.0 Å². The number of aliphatic hydroxyl groups is 1. The molecule has 4 aromatic carbocycles. The zero-order chi connectivity index (χ0) is 33.4. The molecule has 0 saturated heterocycles. The Morgan fingerprint density at radius 2 is 1.72 bits per heavy atom. The average Bonchev–Trinajstić information content (AvgIpc) is 3.47. The zero-order valence-corrected chi connectivity index (χ0v) is 29.2. The third-order valence-corrected chi connectivity index (χ3v) is 10.6. The Hall–Kier alpha value is -3.41. The highest BCUT2D eigenvalue weighted by molar-refractivity contribution is 9.10. The van der Waals surface area contributed by atoms with Gasteiger partial charge in [0.25, 0.3) is 5.91 Å². The maximum Gasteiger partial charge on any atom is 0.252 e. The quantitative estimate of drug-likeness (QED) is 0.134. The second-order valence-corrected chi connectivity index (χ2v) is 14.8. The van der Waals surface area contributed by atoms with E-state index in [4.69, 9.17) is 42.8 Å². The van der Waals surface area contributed by atoms with Crippen LogP contribution in [0.3, 0.4) is 0 Å². The Labute approximate surface area is 292 Å². The largest absolute Gasteiger partial charge is 0.494 e. The Morgan fingerprint density at radius 1 is 1.00 bits per heavy atom. The van der Waals surface area contributed by atoms with E-state index in [1.165, 1.54) is 12.1 Å². The van der Waals surface area contributed by atoms with Crippen LogP contribution >= 0.6 is 39.1 Å². The number of aliphatic hydroxyl groups excluding tert-OH is 1. The molecule has 12 heteroatoms. The third kappa shape index (κ3) is 8.55. The van der Waals surface area contributed by atoms with Crippen LogP contribution in [-0.2, 0) is 25.8 Å². The molecule has 8 nitrogen and oxygen atoms in total. The van der Waals surface area contributed by atoms with Crippen LogP contribution in [-0.4, -0.2) is 56.4 Å². The summed E-state index contributed by atoms with van der Waals surface area (Å²) in [5.74, 6) is -0.0206. The molecule has 2 atom stereocenters. The smallest absolute Gasteiger partial charge is 0.252 e. The average molecular weight is 761 g/mol. The van der Waals surface area contributed by atoms with Gasteiger partial charge < -0.3 is 19.9 Å². The van der Waals surface area contributed by atoms with E-state index in [1.54, 1.807) is 60.7 Å². The van der Waals surface area contributed by atoms with Gasteiger partial charge in [-0.2, -0.15) is 0 Å². The molecular formula is C35H33BrCl2N2O6S. The summed E-state index contributed by atoms with van der Waals surface area (Å²) in [6.07, 6.45) is -0.167. The first-order chi connectivity index (χ1) is 22.6. The molecule has 47 heavy (non-hydrogen) atoms. The van der Waals surface area contributed by atoms with Crippen molar-refractivity contribution in [1.82, 2.24) is 5.32 Å². The summed E-state index contributed by atoms with van der Waals surface area (Å²) in [4.78, 5) is 19.5. The maximum absolute atomic E-state index is 14.4. The van der Waals surface area contributed by atoms with Crippen LogP contribution in [0.15, 0.2) is 111 Å². The fraction of sp³-hybridized carbons (Fsp3) is 0.257. The lowest BCUT2D eigenvalue weighted by molar-refractivity contribution is -0.129. The van der Waals surface area contributed by atoms with E-state index < -0.39 is 27.4 Å². The summed E-state index contributed by atoms with van der Waals surface area (Å²) in [6.45, 7) is 0.599. The van der Waals surface area contributed by atoms with Gasteiger partial charge in [-0.25, -0.2) is 13.4 Å². The first-order valence-corrected chi connectivity index (χ1v) is 18.2. The summed E-state index contributed by atoms with van der Waals surface area (Å²) in [5.41, 5.74) is 0.416. The second-order valence-electron chi connectivity index (χ2n) is 11.0. The molecule has 1 aliphatic heterocycles. The summed E-state index contributed by atoms with van der Waals surface area (Å²) < 4.78 is 40.0. The minimum Gasteiger partial charge on any atom is -0.494 e. The van der Waals surface area contributed by atoms with Gasteiger partial charge >= 0.3 is 0 Å². The van der Waals surface area contributed by atoms with Crippen LogP contribution in [0.4, 0.5) is 0 Å². The molecule has 0 aromatic heterocycles. The van der Waals surface area contributed by atoms with E-state index in [9.17, 15) is 13.2 Å². The molecule has 0 bridgehead atoms. The molecule has 0 spiro atoms. The minimum absolute atomic E-state index is 0.0249. The molecule has 1 aliphatic rings. The number of benzene rings is 4. The van der Waals surface area contributed by atoms with Crippen LogP contribution in [0.25, 0.3) is 0 Å². The van der Waals surface area contributed by atoms with Gasteiger partial charge in [0.05, 0.1) is 17.3 Å². The van der Waals surface area contributed by atoms with Crippen LogP contribution in [0.2, 0.25) is 10.0 Å². The van der Waals surface area contributed by atoms with Crippen molar-refractivity contribution in [2.24, 2.45) is 4.99 Å². The van der Waals surface area contributed by atoms with Crippen molar-refractivity contribution in [3.05, 3.63) is 128 Å². The number of carbonyl (C=O) groups excluding carboxylic acids is 1. The number of nitrogens with one attached hydrogen (secondary N) is 1. The number of nitrogens with zero attached hydrogens (tertiary/aromatic N) is 1.